The molecule has 9 aromatic carbocycles. The molecule has 0 spiro atoms. The molecule has 55 heavy (non-hydrogen) atoms. The minimum atomic E-state index is 0.614. The number of rotatable bonds is 6. The molecule has 258 valence electrons. The largest absolute Gasteiger partial charge is 0.456 e. The van der Waals surface area contributed by atoms with Crippen molar-refractivity contribution in [1.29, 1.82) is 0 Å². The lowest BCUT2D eigenvalue weighted by molar-refractivity contribution is 0.621. The molecule has 0 aliphatic heterocycles. The molecule has 0 atom stereocenters. The highest BCUT2D eigenvalue weighted by molar-refractivity contribution is 6.06. The van der Waals surface area contributed by atoms with Gasteiger partial charge < -0.3 is 13.7 Å². The van der Waals surface area contributed by atoms with E-state index >= 15 is 0 Å². The Morgan fingerprint density at radius 3 is 1.95 bits per heavy atom. The van der Waals surface area contributed by atoms with Crippen LogP contribution < -0.4 is 4.90 Å². The first-order chi connectivity index (χ1) is 27.2. The summed E-state index contributed by atoms with van der Waals surface area (Å²) in [5.41, 5.74) is 11.8. The lowest BCUT2D eigenvalue weighted by atomic mass is 9.97. The van der Waals surface area contributed by atoms with Gasteiger partial charge in [-0.1, -0.05) is 127 Å². The fourth-order valence-electron chi connectivity index (χ4n) is 8.00. The van der Waals surface area contributed by atoms with Gasteiger partial charge in [0.1, 0.15) is 16.7 Å². The molecule has 11 rings (SSSR count). The molecule has 0 radical (unpaired) electrons. The van der Waals surface area contributed by atoms with E-state index in [9.17, 15) is 0 Å². The van der Waals surface area contributed by atoms with Crippen LogP contribution in [0, 0.1) is 0 Å². The third kappa shape index (κ3) is 5.34. The Hall–Kier alpha value is -7.43. The molecule has 11 aromatic rings. The van der Waals surface area contributed by atoms with Gasteiger partial charge in [-0.2, -0.15) is 0 Å². The molecule has 0 unspecified atom stereocenters. The van der Waals surface area contributed by atoms with Gasteiger partial charge in [-0.25, -0.2) is 4.98 Å². The van der Waals surface area contributed by atoms with E-state index in [0.29, 0.717) is 5.89 Å². The summed E-state index contributed by atoms with van der Waals surface area (Å²) in [5.74, 6) is 0.614. The van der Waals surface area contributed by atoms with Gasteiger partial charge in [-0.05, 0) is 98.9 Å². The minimum Gasteiger partial charge on any atom is -0.456 e. The first-order valence-electron chi connectivity index (χ1n) is 18.5. The summed E-state index contributed by atoms with van der Waals surface area (Å²) >= 11 is 0. The van der Waals surface area contributed by atoms with Crippen molar-refractivity contribution < 1.29 is 8.83 Å². The maximum atomic E-state index is 6.52. The lowest BCUT2D eigenvalue weighted by Gasteiger charge is -2.26. The third-order valence-corrected chi connectivity index (χ3v) is 10.7. The summed E-state index contributed by atoms with van der Waals surface area (Å²) in [6, 6.07) is 68.1. The van der Waals surface area contributed by atoms with Crippen molar-refractivity contribution in [2.75, 3.05) is 4.90 Å². The molecule has 0 saturated carbocycles. The molecule has 0 N–H and O–H groups in total. The predicted octanol–water partition coefficient (Wildman–Crippen LogP) is 14.5. The number of para-hydroxylation sites is 2. The van der Waals surface area contributed by atoms with E-state index in [-0.39, 0.29) is 0 Å². The van der Waals surface area contributed by atoms with Gasteiger partial charge in [0.15, 0.2) is 5.58 Å². The van der Waals surface area contributed by atoms with Crippen LogP contribution in [0.4, 0.5) is 17.1 Å². The number of anilines is 3. The van der Waals surface area contributed by atoms with Crippen LogP contribution >= 0.6 is 0 Å². The summed E-state index contributed by atoms with van der Waals surface area (Å²) in [6.45, 7) is 0. The molecule has 0 saturated heterocycles. The summed E-state index contributed by atoms with van der Waals surface area (Å²) in [5, 5.41) is 7.01. The normalized spacial score (nSPS) is 11.6. The van der Waals surface area contributed by atoms with Gasteiger partial charge in [0.2, 0.25) is 5.89 Å². The van der Waals surface area contributed by atoms with Gasteiger partial charge in [0, 0.05) is 45.0 Å². The molecule has 0 aliphatic rings. The highest BCUT2D eigenvalue weighted by Gasteiger charge is 2.18. The number of benzene rings is 9. The smallest absolute Gasteiger partial charge is 0.227 e. The second-order valence-electron chi connectivity index (χ2n) is 14.0. The summed E-state index contributed by atoms with van der Waals surface area (Å²) in [6.07, 6.45) is 0. The summed E-state index contributed by atoms with van der Waals surface area (Å²) in [7, 11) is 0. The Morgan fingerprint density at radius 2 is 1.04 bits per heavy atom. The standard InChI is InChI=1S/C51H32N2O2/c1-2-12-36-30-38(23-22-33(36)10-1)51-52-47-20-9-19-44(50(47)55-51)35-24-26-39(27-25-35)53(41-28-29-46-45-17-5-6-21-48(45)54-49(46)32-41)40-15-7-14-37(31-40)43-18-8-13-34-11-3-4-16-42(34)43/h1-32H. The van der Waals surface area contributed by atoms with Crippen LogP contribution in [0.15, 0.2) is 203 Å². The zero-order valence-electron chi connectivity index (χ0n) is 29.7. The molecule has 2 heterocycles. The molecule has 0 aliphatic carbocycles. The number of hydrogen-bond acceptors (Lipinski definition) is 4. The van der Waals surface area contributed by atoms with Crippen molar-refractivity contribution in [1.82, 2.24) is 4.98 Å². The van der Waals surface area contributed by atoms with Gasteiger partial charge in [-0.3, -0.25) is 0 Å². The van der Waals surface area contributed by atoms with Crippen LogP contribution in [0.3, 0.4) is 0 Å². The number of hydrogen-bond donors (Lipinski definition) is 0. The average molecular weight is 705 g/mol. The number of fused-ring (bicyclic) bond motifs is 6. The maximum absolute atomic E-state index is 6.52. The minimum absolute atomic E-state index is 0.614. The second-order valence-corrected chi connectivity index (χ2v) is 14.0. The Balaban J connectivity index is 1.02. The van der Waals surface area contributed by atoms with E-state index in [1.165, 1.54) is 21.7 Å². The first-order valence-corrected chi connectivity index (χ1v) is 18.5. The van der Waals surface area contributed by atoms with Crippen molar-refractivity contribution in [3.63, 3.8) is 0 Å². The zero-order valence-corrected chi connectivity index (χ0v) is 29.7. The molecule has 0 fully saturated rings. The highest BCUT2D eigenvalue weighted by Crippen LogP contribution is 2.42. The zero-order chi connectivity index (χ0) is 36.3. The van der Waals surface area contributed by atoms with Crippen LogP contribution in [-0.2, 0) is 0 Å². The molecule has 2 aromatic heterocycles. The fourth-order valence-corrected chi connectivity index (χ4v) is 8.00. The van der Waals surface area contributed by atoms with Crippen LogP contribution in [0.2, 0.25) is 0 Å². The van der Waals surface area contributed by atoms with E-state index in [0.717, 1.165) is 77.7 Å². The predicted molar refractivity (Wildman–Crippen MR) is 227 cm³/mol. The fraction of sp³-hybridized carbons (Fsp3) is 0. The Morgan fingerprint density at radius 1 is 0.364 bits per heavy atom. The van der Waals surface area contributed by atoms with Crippen LogP contribution in [0.5, 0.6) is 0 Å². The second kappa shape index (κ2) is 12.6. The van der Waals surface area contributed by atoms with Crippen molar-refractivity contribution in [2.24, 2.45) is 0 Å². The molecule has 0 amide bonds. The van der Waals surface area contributed by atoms with Gasteiger partial charge >= 0.3 is 0 Å². The first kappa shape index (κ1) is 31.1. The monoisotopic (exact) mass is 704 g/mol. The van der Waals surface area contributed by atoms with Gasteiger partial charge in [-0.15, -0.1) is 0 Å². The third-order valence-electron chi connectivity index (χ3n) is 10.7. The summed E-state index contributed by atoms with van der Waals surface area (Å²) in [4.78, 5) is 7.21. The van der Waals surface area contributed by atoms with E-state index in [2.05, 4.69) is 175 Å². The van der Waals surface area contributed by atoms with Crippen molar-refractivity contribution in [2.45, 2.75) is 0 Å². The van der Waals surface area contributed by atoms with E-state index in [4.69, 9.17) is 13.8 Å². The Kier molecular flexibility index (Phi) is 7.14. The molecule has 4 nitrogen and oxygen atoms in total. The Bertz CT molecular complexity index is 3220. The highest BCUT2D eigenvalue weighted by atomic mass is 16.3. The van der Waals surface area contributed by atoms with Gasteiger partial charge in [0.25, 0.3) is 0 Å². The van der Waals surface area contributed by atoms with Gasteiger partial charge in [0.05, 0.1) is 0 Å². The van der Waals surface area contributed by atoms with Crippen molar-refractivity contribution >= 4 is 71.6 Å². The average Bonchev–Trinajstić information content (AvgIpc) is 3.86. The molecule has 4 heteroatoms. The maximum Gasteiger partial charge on any atom is 0.227 e. The van der Waals surface area contributed by atoms with Crippen molar-refractivity contribution in [3.05, 3.63) is 194 Å². The van der Waals surface area contributed by atoms with E-state index in [1.807, 2.05) is 24.3 Å². The van der Waals surface area contributed by atoms with Crippen LogP contribution in [0.25, 0.3) is 88.3 Å². The molecular weight excluding hydrogens is 673 g/mol. The number of furan rings is 1. The number of aromatic nitrogens is 1. The quantitative estimate of drug-likeness (QED) is 0.173. The van der Waals surface area contributed by atoms with Crippen molar-refractivity contribution in [3.8, 4) is 33.7 Å². The topological polar surface area (TPSA) is 42.4 Å². The van der Waals surface area contributed by atoms with Crippen LogP contribution in [-0.4, -0.2) is 4.98 Å². The van der Waals surface area contributed by atoms with E-state index < -0.39 is 0 Å². The summed E-state index contributed by atoms with van der Waals surface area (Å²) < 4.78 is 12.9. The Labute approximate surface area is 317 Å². The SMILES string of the molecule is c1cc(-c2cccc3ccccc23)cc(N(c2ccc(-c3cccc4nc(-c5ccc6ccccc6c5)oc34)cc2)c2ccc3c(c2)oc2ccccc23)c1. The molecule has 0 bridgehead atoms. The van der Waals surface area contributed by atoms with Crippen LogP contribution in [0.1, 0.15) is 0 Å². The number of nitrogens with zero attached hydrogens (tertiary/aromatic N) is 2. The molecular formula is C51H32N2O2. The van der Waals surface area contributed by atoms with E-state index in [1.54, 1.807) is 0 Å². The number of oxazole rings is 1. The lowest BCUT2D eigenvalue weighted by Crippen LogP contribution is -2.10.